The van der Waals surface area contributed by atoms with Gasteiger partial charge in [-0.25, -0.2) is 18.7 Å². The monoisotopic (exact) mass is 596 g/mol. The maximum atomic E-state index is 15.0. The molecule has 0 bridgehead atoms. The molecule has 0 aliphatic carbocycles. The van der Waals surface area contributed by atoms with Crippen LogP contribution in [0.2, 0.25) is 0 Å². The Kier molecular flexibility index (Phi) is 7.98. The molecule has 2 aromatic heterocycles. The number of fused-ring (bicyclic) bond motifs is 1. The Morgan fingerprint density at radius 3 is 2.48 bits per heavy atom. The summed E-state index contributed by atoms with van der Waals surface area (Å²) in [5, 5.41) is 16.9. The summed E-state index contributed by atoms with van der Waals surface area (Å²) < 4.78 is 29.8. The molecule has 0 radical (unpaired) electrons. The van der Waals surface area contributed by atoms with E-state index >= 15 is 0 Å². The van der Waals surface area contributed by atoms with Crippen LogP contribution in [0.1, 0.15) is 40.9 Å². The third kappa shape index (κ3) is 6.10. The Morgan fingerprint density at radius 2 is 1.77 bits per heavy atom. The fourth-order valence-corrected chi connectivity index (χ4v) is 5.55. The van der Waals surface area contributed by atoms with Gasteiger partial charge in [0.2, 0.25) is 0 Å². The highest BCUT2D eigenvalue weighted by Gasteiger charge is 2.22. The van der Waals surface area contributed by atoms with E-state index in [0.29, 0.717) is 33.4 Å². The third-order valence-electron chi connectivity index (χ3n) is 8.10. The first-order valence-electron chi connectivity index (χ1n) is 14.6. The van der Waals surface area contributed by atoms with Crippen molar-refractivity contribution in [2.75, 3.05) is 31.5 Å². The summed E-state index contributed by atoms with van der Waals surface area (Å²) in [5.74, 6) is -2.10. The number of H-pyrrole nitrogens is 1. The lowest BCUT2D eigenvalue weighted by Crippen LogP contribution is -2.42. The van der Waals surface area contributed by atoms with Crippen molar-refractivity contribution in [3.05, 3.63) is 101 Å². The lowest BCUT2D eigenvalue weighted by atomic mass is 9.96. The number of rotatable bonds is 7. The molecule has 44 heavy (non-hydrogen) atoms. The van der Waals surface area contributed by atoms with Gasteiger partial charge >= 0.3 is 0 Å². The van der Waals surface area contributed by atoms with E-state index in [1.165, 1.54) is 50.0 Å². The molecule has 10 heteroatoms. The molecule has 1 aliphatic rings. The van der Waals surface area contributed by atoms with Gasteiger partial charge < -0.3 is 20.7 Å². The van der Waals surface area contributed by atoms with E-state index in [4.69, 9.17) is 0 Å². The van der Waals surface area contributed by atoms with Crippen molar-refractivity contribution in [1.82, 2.24) is 25.2 Å². The second kappa shape index (κ2) is 11.9. The average Bonchev–Trinajstić information content (AvgIpc) is 3.44. The van der Waals surface area contributed by atoms with E-state index in [9.17, 15) is 18.7 Å². The number of amides is 1. The van der Waals surface area contributed by atoms with Gasteiger partial charge in [0, 0.05) is 55.1 Å². The van der Waals surface area contributed by atoms with Gasteiger partial charge in [-0.3, -0.25) is 9.69 Å². The second-order valence-corrected chi connectivity index (χ2v) is 11.7. The average molecular weight is 597 g/mol. The minimum Gasteiger partial charge on any atom is -0.386 e. The number of nitrogens with one attached hydrogen (secondary N) is 3. The predicted molar refractivity (Wildman–Crippen MR) is 167 cm³/mol. The number of hydrogen-bond donors (Lipinski definition) is 4. The van der Waals surface area contributed by atoms with Gasteiger partial charge in [0.25, 0.3) is 5.91 Å². The molecule has 0 unspecified atom stereocenters. The summed E-state index contributed by atoms with van der Waals surface area (Å²) >= 11 is 0. The molecule has 4 N–H and O–H groups in total. The van der Waals surface area contributed by atoms with E-state index in [1.54, 1.807) is 6.92 Å². The van der Waals surface area contributed by atoms with Gasteiger partial charge in [-0.1, -0.05) is 30.3 Å². The molecule has 1 aliphatic heterocycles. The van der Waals surface area contributed by atoms with Gasteiger partial charge in [0.05, 0.1) is 16.9 Å². The Balaban J connectivity index is 1.28. The number of aromatic amines is 1. The predicted octanol–water partition coefficient (Wildman–Crippen LogP) is 5.76. The summed E-state index contributed by atoms with van der Waals surface area (Å²) in [5.41, 5.74) is 4.25. The van der Waals surface area contributed by atoms with Crippen LogP contribution in [0.5, 0.6) is 0 Å². The number of carbonyl (C=O) groups is 1. The maximum Gasteiger partial charge on any atom is 0.258 e. The van der Waals surface area contributed by atoms with Crippen molar-refractivity contribution in [3.8, 4) is 22.5 Å². The normalized spacial score (nSPS) is 14.2. The zero-order chi connectivity index (χ0) is 31.0. The summed E-state index contributed by atoms with van der Waals surface area (Å²) in [4.78, 5) is 27.7. The molecule has 1 fully saturated rings. The van der Waals surface area contributed by atoms with Crippen LogP contribution in [0, 0.1) is 18.6 Å². The number of aliphatic hydroxyl groups is 1. The summed E-state index contributed by atoms with van der Waals surface area (Å²) in [7, 11) is 0. The fraction of sp³-hybridized carbons (Fsp3) is 0.265. The lowest BCUT2D eigenvalue weighted by molar-refractivity contribution is 0.0780. The smallest absolute Gasteiger partial charge is 0.258 e. The Bertz CT molecular complexity index is 1840. The van der Waals surface area contributed by atoms with Crippen molar-refractivity contribution in [2.45, 2.75) is 32.9 Å². The zero-order valence-corrected chi connectivity index (χ0v) is 24.8. The van der Waals surface area contributed by atoms with Crippen molar-refractivity contribution < 1.29 is 18.7 Å². The van der Waals surface area contributed by atoms with Crippen molar-refractivity contribution >= 4 is 22.6 Å². The number of nitrogens with zero attached hydrogens (tertiary/aromatic N) is 3. The van der Waals surface area contributed by atoms with E-state index in [2.05, 4.69) is 54.8 Å². The highest BCUT2D eigenvalue weighted by atomic mass is 19.1. The minimum absolute atomic E-state index is 0.193. The first-order chi connectivity index (χ1) is 21.1. The SMILES string of the molecule is Cc1c(NC(=O)c2ccc(C(C)(C)O)cc2F)cc(F)cc1-c1ncnc2[nH]c(-c3ccc(CN4CCNCC4)cc3)cc12. The van der Waals surface area contributed by atoms with Crippen molar-refractivity contribution in [1.29, 1.82) is 0 Å². The molecule has 1 saturated heterocycles. The molecule has 0 spiro atoms. The molecular formula is C34H34F2N6O2. The lowest BCUT2D eigenvalue weighted by Gasteiger charge is -2.27. The Labute approximate surface area is 254 Å². The van der Waals surface area contributed by atoms with Crippen LogP contribution in [0.3, 0.4) is 0 Å². The van der Waals surface area contributed by atoms with Crippen LogP contribution in [0.25, 0.3) is 33.5 Å². The van der Waals surface area contributed by atoms with E-state index in [-0.39, 0.29) is 11.3 Å². The highest BCUT2D eigenvalue weighted by Crippen LogP contribution is 2.35. The van der Waals surface area contributed by atoms with Crippen LogP contribution in [-0.2, 0) is 12.1 Å². The fourth-order valence-electron chi connectivity index (χ4n) is 5.55. The number of anilines is 1. The van der Waals surface area contributed by atoms with Gasteiger partial charge in [0.1, 0.15) is 23.6 Å². The first-order valence-corrected chi connectivity index (χ1v) is 14.6. The molecule has 8 nitrogen and oxygen atoms in total. The largest absolute Gasteiger partial charge is 0.386 e. The number of carbonyl (C=O) groups excluding carboxylic acids is 1. The number of halogens is 2. The van der Waals surface area contributed by atoms with Crippen LogP contribution in [0.4, 0.5) is 14.5 Å². The van der Waals surface area contributed by atoms with Gasteiger partial charge in [-0.2, -0.15) is 0 Å². The minimum atomic E-state index is -1.26. The molecule has 3 heterocycles. The molecule has 0 saturated carbocycles. The van der Waals surface area contributed by atoms with E-state index in [1.807, 2.05) is 6.07 Å². The van der Waals surface area contributed by atoms with Gasteiger partial charge in [-0.05, 0) is 73.4 Å². The Morgan fingerprint density at radius 1 is 1.02 bits per heavy atom. The highest BCUT2D eigenvalue weighted by molar-refractivity contribution is 6.06. The maximum absolute atomic E-state index is 15.0. The molecule has 226 valence electrons. The van der Waals surface area contributed by atoms with Gasteiger partial charge in [0.15, 0.2) is 0 Å². The van der Waals surface area contributed by atoms with Crippen molar-refractivity contribution in [2.24, 2.45) is 0 Å². The third-order valence-corrected chi connectivity index (χ3v) is 8.10. The van der Waals surface area contributed by atoms with Gasteiger partial charge in [-0.15, -0.1) is 0 Å². The van der Waals surface area contributed by atoms with Crippen molar-refractivity contribution in [3.63, 3.8) is 0 Å². The summed E-state index contributed by atoms with van der Waals surface area (Å²) in [6, 6.07) is 16.8. The summed E-state index contributed by atoms with van der Waals surface area (Å²) in [6.07, 6.45) is 1.41. The number of benzene rings is 3. The molecule has 6 rings (SSSR count). The second-order valence-electron chi connectivity index (χ2n) is 11.7. The van der Waals surface area contributed by atoms with E-state index in [0.717, 1.165) is 50.0 Å². The molecular weight excluding hydrogens is 562 g/mol. The number of aromatic nitrogens is 3. The van der Waals surface area contributed by atoms with Crippen LogP contribution in [-0.4, -0.2) is 57.0 Å². The first kappa shape index (κ1) is 29.6. The quantitative estimate of drug-likeness (QED) is 0.190. The Hall–Kier alpha value is -4.51. The van der Waals surface area contributed by atoms with Crippen LogP contribution in [0.15, 0.2) is 67.0 Å². The number of piperazine rings is 1. The summed E-state index contributed by atoms with van der Waals surface area (Å²) in [6.45, 7) is 9.78. The zero-order valence-electron chi connectivity index (χ0n) is 24.8. The standard InChI is InChI=1S/C34H34F2N6O2/c1-20-26(15-24(35)16-29(20)41-33(43)25-9-8-23(14-28(25)36)34(2,3)44)31-27-17-30(40-32(27)39-19-38-31)22-6-4-21(5-7-22)18-42-12-10-37-11-13-42/h4-9,14-17,19,37,44H,10-13,18H2,1-3H3,(H,41,43)(H,38,39,40). The van der Waals surface area contributed by atoms with Crippen LogP contribution < -0.4 is 10.6 Å². The van der Waals surface area contributed by atoms with E-state index < -0.39 is 23.1 Å². The number of hydrogen-bond acceptors (Lipinski definition) is 6. The topological polar surface area (TPSA) is 106 Å². The molecule has 1 amide bonds. The molecule has 5 aromatic rings. The molecule has 3 aromatic carbocycles. The van der Waals surface area contributed by atoms with Crippen LogP contribution >= 0.6 is 0 Å². The molecule has 0 atom stereocenters.